The third-order valence-corrected chi connectivity index (χ3v) is 2.70. The van der Waals surface area contributed by atoms with Gasteiger partial charge < -0.3 is 0 Å². The van der Waals surface area contributed by atoms with Crippen molar-refractivity contribution in [3.05, 3.63) is 41.5 Å². The van der Waals surface area contributed by atoms with Crippen LogP contribution >= 0.6 is 17.0 Å². The minimum absolute atomic E-state index is 0.236. The molecular formula is C14H17Cl2Zr-. The molecule has 92 valence electrons. The van der Waals surface area contributed by atoms with Gasteiger partial charge in [0.2, 0.25) is 0 Å². The molecule has 0 nitrogen and oxygen atoms in total. The van der Waals surface area contributed by atoms with Gasteiger partial charge in [-0.25, -0.2) is 0 Å². The van der Waals surface area contributed by atoms with Crippen molar-refractivity contribution in [3.63, 3.8) is 0 Å². The first-order valence-electron chi connectivity index (χ1n) is 5.53. The number of benzene rings is 1. The van der Waals surface area contributed by atoms with Gasteiger partial charge in [0.1, 0.15) is 0 Å². The first kappa shape index (κ1) is 15.4. The summed E-state index contributed by atoms with van der Waals surface area (Å²) in [6.07, 6.45) is 0. The molecule has 3 heteroatoms. The van der Waals surface area contributed by atoms with Crippen LogP contribution in [0.5, 0.6) is 0 Å². The Bertz CT molecular complexity index is 480. The second kappa shape index (κ2) is 6.46. The average molecular weight is 347 g/mol. The van der Waals surface area contributed by atoms with Crippen molar-refractivity contribution in [2.24, 2.45) is 0 Å². The maximum atomic E-state index is 4.93. The Morgan fingerprint density at radius 1 is 1.18 bits per heavy atom. The van der Waals surface area contributed by atoms with Crippen LogP contribution in [0.1, 0.15) is 31.9 Å². The molecule has 2 aromatic rings. The molecule has 0 amide bonds. The van der Waals surface area contributed by atoms with Crippen LogP contribution in [-0.2, 0) is 26.3 Å². The Labute approximate surface area is 122 Å². The third kappa shape index (κ3) is 4.16. The topological polar surface area (TPSA) is 0 Å². The van der Waals surface area contributed by atoms with Crippen LogP contribution in [0.3, 0.4) is 0 Å². The van der Waals surface area contributed by atoms with Gasteiger partial charge in [-0.1, -0.05) is 39.3 Å². The second-order valence-corrected chi connectivity index (χ2v) is 8.89. The first-order valence-corrected chi connectivity index (χ1v) is 11.9. The number of aryl methyl sites for hydroxylation is 1. The summed E-state index contributed by atoms with van der Waals surface area (Å²) >= 11 is -0.826. The second-order valence-electron chi connectivity index (χ2n) is 5.16. The molecule has 17 heavy (non-hydrogen) atoms. The summed E-state index contributed by atoms with van der Waals surface area (Å²) in [6, 6.07) is 11.1. The SMILES string of the molecule is Cc1cc2c(C(C)(C)C)cccc2[cH-]1.[Cl][Zr][Cl]. The van der Waals surface area contributed by atoms with Crippen molar-refractivity contribution in [3.8, 4) is 0 Å². The molecule has 0 aromatic heterocycles. The van der Waals surface area contributed by atoms with Crippen LogP contribution in [0.25, 0.3) is 10.8 Å². The monoisotopic (exact) mass is 345 g/mol. The Morgan fingerprint density at radius 2 is 1.76 bits per heavy atom. The first-order chi connectivity index (χ1) is 7.90. The molecule has 0 fully saturated rings. The van der Waals surface area contributed by atoms with Gasteiger partial charge in [0.05, 0.1) is 0 Å². The zero-order valence-corrected chi connectivity index (χ0v) is 14.6. The quantitative estimate of drug-likeness (QED) is 0.549. The van der Waals surface area contributed by atoms with E-state index in [4.69, 9.17) is 17.0 Å². The summed E-state index contributed by atoms with van der Waals surface area (Å²) in [7, 11) is 9.87. The van der Waals surface area contributed by atoms with Gasteiger partial charge in [-0.05, 0) is 5.41 Å². The van der Waals surface area contributed by atoms with Gasteiger partial charge in [-0.15, -0.1) is 34.5 Å². The molecule has 0 saturated heterocycles. The fourth-order valence-electron chi connectivity index (χ4n) is 2.04. The molecule has 0 N–H and O–H groups in total. The van der Waals surface area contributed by atoms with Crippen molar-refractivity contribution in [2.75, 3.05) is 0 Å². The predicted octanol–water partition coefficient (Wildman–Crippen LogP) is 5.54. The van der Waals surface area contributed by atoms with E-state index in [2.05, 4.69) is 58.0 Å². The molecule has 0 saturated carbocycles. The normalized spacial score (nSPS) is 10.9. The van der Waals surface area contributed by atoms with E-state index >= 15 is 0 Å². The Hall–Kier alpha value is 0.293. The van der Waals surface area contributed by atoms with E-state index in [1.807, 2.05) is 0 Å². The van der Waals surface area contributed by atoms with Crippen molar-refractivity contribution in [1.29, 1.82) is 0 Å². The number of halogens is 2. The number of hydrogen-bond acceptors (Lipinski definition) is 0. The summed E-state index contributed by atoms with van der Waals surface area (Å²) < 4.78 is 0. The van der Waals surface area contributed by atoms with Crippen LogP contribution < -0.4 is 0 Å². The molecule has 0 aliphatic rings. The molecule has 2 rings (SSSR count). The van der Waals surface area contributed by atoms with Crippen LogP contribution in [0.4, 0.5) is 0 Å². The summed E-state index contributed by atoms with van der Waals surface area (Å²) in [5.41, 5.74) is 3.04. The molecule has 0 aliphatic heterocycles. The standard InChI is InChI=1S/C14H17.2ClH.Zr/c1-10-8-11-6-5-7-13(12(11)9-10)14(2,3)4;;;/h5-9H,1-4H3;2*1H;/q-1;;;+2/p-2. The van der Waals surface area contributed by atoms with Gasteiger partial charge in [0, 0.05) is 0 Å². The van der Waals surface area contributed by atoms with E-state index < -0.39 is 20.8 Å². The Balaban J connectivity index is 0.000000437. The Morgan fingerprint density at radius 3 is 2.29 bits per heavy atom. The number of hydrogen-bond donors (Lipinski definition) is 0. The Kier molecular flexibility index (Phi) is 5.83. The third-order valence-electron chi connectivity index (χ3n) is 2.70. The summed E-state index contributed by atoms with van der Waals surface area (Å²) in [4.78, 5) is 0. The van der Waals surface area contributed by atoms with Gasteiger partial charge in [0.25, 0.3) is 0 Å². The van der Waals surface area contributed by atoms with Crippen molar-refractivity contribution in [1.82, 2.24) is 0 Å². The summed E-state index contributed by atoms with van der Waals surface area (Å²) in [6.45, 7) is 8.96. The molecule has 2 aromatic carbocycles. The number of fused-ring (bicyclic) bond motifs is 1. The van der Waals surface area contributed by atoms with Gasteiger partial charge in [-0.2, -0.15) is 6.07 Å². The van der Waals surface area contributed by atoms with E-state index in [0.29, 0.717) is 0 Å². The zero-order chi connectivity index (χ0) is 13.1. The molecule has 0 bridgehead atoms. The fraction of sp³-hybridized carbons (Fsp3) is 0.357. The molecular weight excluding hydrogens is 330 g/mol. The van der Waals surface area contributed by atoms with Crippen LogP contribution in [0, 0.1) is 6.92 Å². The van der Waals surface area contributed by atoms with Gasteiger partial charge in [-0.3, -0.25) is 0 Å². The van der Waals surface area contributed by atoms with Crippen LogP contribution in [0.2, 0.25) is 0 Å². The van der Waals surface area contributed by atoms with E-state index in [0.717, 1.165) is 0 Å². The average Bonchev–Trinajstić information content (AvgIpc) is 2.56. The predicted molar refractivity (Wildman–Crippen MR) is 74.7 cm³/mol. The summed E-state index contributed by atoms with van der Waals surface area (Å²) in [5, 5.41) is 2.78. The van der Waals surface area contributed by atoms with Gasteiger partial charge in [0.15, 0.2) is 0 Å². The van der Waals surface area contributed by atoms with Crippen molar-refractivity contribution >= 4 is 27.8 Å². The fourth-order valence-corrected chi connectivity index (χ4v) is 2.04. The molecule has 0 unspecified atom stereocenters. The van der Waals surface area contributed by atoms with Crippen LogP contribution in [-0.4, -0.2) is 0 Å². The zero-order valence-electron chi connectivity index (χ0n) is 10.6. The molecule has 0 aliphatic carbocycles. The molecule has 0 spiro atoms. The number of rotatable bonds is 0. The molecule has 0 heterocycles. The van der Waals surface area contributed by atoms with Crippen molar-refractivity contribution in [2.45, 2.75) is 33.1 Å². The van der Waals surface area contributed by atoms with E-state index in [1.54, 1.807) is 0 Å². The summed E-state index contributed by atoms with van der Waals surface area (Å²) in [5.74, 6) is 0. The minimum atomic E-state index is -0.826. The van der Waals surface area contributed by atoms with E-state index in [9.17, 15) is 0 Å². The van der Waals surface area contributed by atoms with Gasteiger partial charge >= 0.3 is 37.9 Å². The maximum absolute atomic E-state index is 4.93. The van der Waals surface area contributed by atoms with E-state index in [-0.39, 0.29) is 5.41 Å². The molecule has 0 atom stereocenters. The van der Waals surface area contributed by atoms with E-state index in [1.165, 1.54) is 21.9 Å². The van der Waals surface area contributed by atoms with Crippen molar-refractivity contribution < 1.29 is 20.8 Å². The molecule has 0 radical (unpaired) electrons. The van der Waals surface area contributed by atoms with Crippen LogP contribution in [0.15, 0.2) is 30.3 Å².